The Morgan fingerprint density at radius 2 is 2.00 bits per heavy atom. The normalized spacial score (nSPS) is 12.4. The van der Waals surface area contributed by atoms with Gasteiger partial charge in [-0.1, -0.05) is 18.5 Å². The first kappa shape index (κ1) is 24.5. The van der Waals surface area contributed by atoms with Gasteiger partial charge in [-0.05, 0) is 18.2 Å². The third-order valence-electron chi connectivity index (χ3n) is 4.88. The summed E-state index contributed by atoms with van der Waals surface area (Å²) in [6.07, 6.45) is 3.90. The van der Waals surface area contributed by atoms with Crippen molar-refractivity contribution in [2.24, 2.45) is 0 Å². The third-order valence-corrected chi connectivity index (χ3v) is 6.41. The first-order chi connectivity index (χ1) is 16.6. The van der Waals surface area contributed by atoms with E-state index in [1.54, 1.807) is 36.3 Å². The Kier molecular flexibility index (Phi) is 6.94. The van der Waals surface area contributed by atoms with E-state index in [0.717, 1.165) is 17.5 Å². The number of hydrogen-bond donors (Lipinski definition) is 1. The second-order valence-corrected chi connectivity index (χ2v) is 8.95. The molecule has 35 heavy (non-hydrogen) atoms. The summed E-state index contributed by atoms with van der Waals surface area (Å²) in [5.74, 6) is -1.43. The van der Waals surface area contributed by atoms with Gasteiger partial charge in [-0.15, -0.1) is 11.3 Å². The predicted octanol–water partition coefficient (Wildman–Crippen LogP) is 5.42. The smallest absolute Gasteiger partial charge is 0.306 e. The Morgan fingerprint density at radius 3 is 2.71 bits per heavy atom. The molecule has 0 aliphatic rings. The summed E-state index contributed by atoms with van der Waals surface area (Å²) in [6, 6.07) is 4.23. The van der Waals surface area contributed by atoms with E-state index in [1.165, 1.54) is 12.4 Å². The number of thiazole rings is 1. The SMILES string of the molecule is C[C@@H](CC(=O)c1cnn(-c2cccnc2)c1)c1ncc(C(=O)Nc2cc(C(F)(F)F)c(Cl)cn2)s1. The highest BCUT2D eigenvalue weighted by Crippen LogP contribution is 2.35. The zero-order valence-corrected chi connectivity index (χ0v) is 19.5. The van der Waals surface area contributed by atoms with Gasteiger partial charge in [-0.2, -0.15) is 18.3 Å². The Morgan fingerprint density at radius 1 is 1.20 bits per heavy atom. The molecule has 1 N–H and O–H groups in total. The quantitative estimate of drug-likeness (QED) is 0.326. The highest BCUT2D eigenvalue weighted by atomic mass is 35.5. The number of alkyl halides is 3. The number of nitrogens with one attached hydrogen (secondary N) is 1. The molecule has 1 amide bonds. The maximum absolute atomic E-state index is 13.0. The number of rotatable bonds is 7. The highest BCUT2D eigenvalue weighted by molar-refractivity contribution is 7.13. The van der Waals surface area contributed by atoms with E-state index in [4.69, 9.17) is 11.6 Å². The first-order valence-corrected chi connectivity index (χ1v) is 11.3. The third kappa shape index (κ3) is 5.72. The van der Waals surface area contributed by atoms with E-state index in [1.807, 2.05) is 6.07 Å². The lowest BCUT2D eigenvalue weighted by Gasteiger charge is -2.10. The molecule has 0 bridgehead atoms. The zero-order valence-electron chi connectivity index (χ0n) is 18.0. The molecule has 4 rings (SSSR count). The fourth-order valence-electron chi connectivity index (χ4n) is 3.10. The summed E-state index contributed by atoms with van der Waals surface area (Å²) in [4.78, 5) is 37.3. The zero-order chi connectivity index (χ0) is 25.2. The van der Waals surface area contributed by atoms with Crippen LogP contribution in [0.1, 0.15) is 49.9 Å². The molecule has 0 aliphatic carbocycles. The van der Waals surface area contributed by atoms with E-state index in [-0.39, 0.29) is 28.8 Å². The molecular formula is C22H16ClF3N6O2S. The lowest BCUT2D eigenvalue weighted by atomic mass is 10.0. The molecule has 4 heterocycles. The Bertz CT molecular complexity index is 1370. The number of amides is 1. The number of hydrogen-bond acceptors (Lipinski definition) is 7. The van der Waals surface area contributed by atoms with Gasteiger partial charge in [0.25, 0.3) is 5.91 Å². The van der Waals surface area contributed by atoms with Crippen molar-refractivity contribution < 1.29 is 22.8 Å². The van der Waals surface area contributed by atoms with Crippen LogP contribution in [0.15, 0.2) is 55.4 Å². The summed E-state index contributed by atoms with van der Waals surface area (Å²) in [5.41, 5.74) is 0.0330. The van der Waals surface area contributed by atoms with Gasteiger partial charge in [0.05, 0.1) is 45.4 Å². The van der Waals surface area contributed by atoms with Crippen molar-refractivity contribution in [3.05, 3.63) is 81.4 Å². The fraction of sp³-hybridized carbons (Fsp3) is 0.182. The molecule has 0 aromatic carbocycles. The van der Waals surface area contributed by atoms with Gasteiger partial charge in [0.1, 0.15) is 10.7 Å². The molecule has 4 aromatic heterocycles. The lowest BCUT2D eigenvalue weighted by molar-refractivity contribution is -0.137. The molecule has 0 unspecified atom stereocenters. The molecule has 0 saturated heterocycles. The largest absolute Gasteiger partial charge is 0.418 e. The molecule has 8 nitrogen and oxygen atoms in total. The number of carbonyl (C=O) groups excluding carboxylic acids is 2. The number of carbonyl (C=O) groups is 2. The fourth-order valence-corrected chi connectivity index (χ4v) is 4.18. The topological polar surface area (TPSA) is 103 Å². The monoisotopic (exact) mass is 520 g/mol. The van der Waals surface area contributed by atoms with Crippen molar-refractivity contribution in [1.82, 2.24) is 24.7 Å². The standard InChI is InChI=1S/C22H16ClF3N6O2S/c1-12(5-17(33)13-7-30-32(11-13)14-3-2-4-27-8-14)21-29-10-18(35-21)20(34)31-19-6-15(22(24,25)26)16(23)9-28-19/h2-4,6-12H,5H2,1H3,(H,28,31,34)/t12-/m0/s1. The van der Waals surface area contributed by atoms with Crippen molar-refractivity contribution in [1.29, 1.82) is 0 Å². The van der Waals surface area contributed by atoms with Gasteiger partial charge in [0.2, 0.25) is 0 Å². The van der Waals surface area contributed by atoms with E-state index in [2.05, 4.69) is 25.4 Å². The average molecular weight is 521 g/mol. The van der Waals surface area contributed by atoms with E-state index < -0.39 is 22.7 Å². The van der Waals surface area contributed by atoms with Crippen molar-refractivity contribution in [2.45, 2.75) is 25.4 Å². The maximum atomic E-state index is 13.0. The number of pyridine rings is 2. The summed E-state index contributed by atoms with van der Waals surface area (Å²) in [6.45, 7) is 1.79. The van der Waals surface area contributed by atoms with E-state index >= 15 is 0 Å². The maximum Gasteiger partial charge on any atom is 0.418 e. The van der Waals surface area contributed by atoms with Crippen LogP contribution >= 0.6 is 22.9 Å². The van der Waals surface area contributed by atoms with Gasteiger partial charge in [0, 0.05) is 30.9 Å². The molecule has 0 radical (unpaired) electrons. The van der Waals surface area contributed by atoms with E-state index in [9.17, 15) is 22.8 Å². The summed E-state index contributed by atoms with van der Waals surface area (Å²) < 4.78 is 40.6. The Labute approximate surface area is 205 Å². The number of ketones is 1. The van der Waals surface area contributed by atoms with Crippen molar-refractivity contribution >= 4 is 40.4 Å². The first-order valence-electron chi connectivity index (χ1n) is 10.1. The number of anilines is 1. The van der Waals surface area contributed by atoms with Crippen LogP contribution in [0, 0.1) is 0 Å². The lowest BCUT2D eigenvalue weighted by Crippen LogP contribution is -2.13. The molecule has 180 valence electrons. The van der Waals surface area contributed by atoms with Crippen LogP contribution in [-0.2, 0) is 6.18 Å². The van der Waals surface area contributed by atoms with Crippen LogP contribution in [0.4, 0.5) is 19.0 Å². The van der Waals surface area contributed by atoms with Gasteiger partial charge in [0.15, 0.2) is 5.78 Å². The molecule has 4 aromatic rings. The number of halogens is 4. The molecule has 1 atom stereocenters. The molecular weight excluding hydrogens is 505 g/mol. The number of Topliss-reactive ketones (excluding diaryl/α,β-unsaturated/α-hetero) is 1. The van der Waals surface area contributed by atoms with Crippen LogP contribution in [-0.4, -0.2) is 36.4 Å². The Balaban J connectivity index is 1.41. The summed E-state index contributed by atoms with van der Waals surface area (Å²) >= 11 is 6.59. The van der Waals surface area contributed by atoms with E-state index in [0.29, 0.717) is 22.3 Å². The molecule has 0 aliphatic heterocycles. The van der Waals surface area contributed by atoms with Crippen LogP contribution in [0.5, 0.6) is 0 Å². The van der Waals surface area contributed by atoms with Crippen molar-refractivity contribution in [3.8, 4) is 5.69 Å². The second-order valence-electron chi connectivity index (χ2n) is 7.48. The Hall–Kier alpha value is -3.64. The second kappa shape index (κ2) is 9.92. The van der Waals surface area contributed by atoms with Crippen molar-refractivity contribution in [2.75, 3.05) is 5.32 Å². The van der Waals surface area contributed by atoms with Crippen LogP contribution in [0.3, 0.4) is 0 Å². The van der Waals surface area contributed by atoms with Crippen LogP contribution in [0.2, 0.25) is 5.02 Å². The molecule has 0 fully saturated rings. The minimum Gasteiger partial charge on any atom is -0.306 e. The summed E-state index contributed by atoms with van der Waals surface area (Å²) in [7, 11) is 0. The predicted molar refractivity (Wildman–Crippen MR) is 123 cm³/mol. The highest BCUT2D eigenvalue weighted by Gasteiger charge is 2.34. The minimum atomic E-state index is -4.69. The molecule has 13 heteroatoms. The number of nitrogens with zero attached hydrogens (tertiary/aromatic N) is 5. The average Bonchev–Trinajstić information content (AvgIpc) is 3.51. The summed E-state index contributed by atoms with van der Waals surface area (Å²) in [5, 5.41) is 6.46. The van der Waals surface area contributed by atoms with Crippen molar-refractivity contribution in [3.63, 3.8) is 0 Å². The van der Waals surface area contributed by atoms with Crippen LogP contribution < -0.4 is 5.32 Å². The number of aromatic nitrogens is 5. The minimum absolute atomic E-state index is 0.126. The molecule has 0 saturated carbocycles. The van der Waals surface area contributed by atoms with Gasteiger partial charge < -0.3 is 5.32 Å². The van der Waals surface area contributed by atoms with Crippen LogP contribution in [0.25, 0.3) is 5.69 Å². The van der Waals surface area contributed by atoms with Gasteiger partial charge >= 0.3 is 6.18 Å². The van der Waals surface area contributed by atoms with Gasteiger partial charge in [-0.25, -0.2) is 14.6 Å². The molecule has 0 spiro atoms. The van der Waals surface area contributed by atoms with Gasteiger partial charge in [-0.3, -0.25) is 14.6 Å².